The zero-order chi connectivity index (χ0) is 12.3. The van der Waals surface area contributed by atoms with E-state index in [-0.39, 0.29) is 0 Å². The molecule has 1 atom stereocenters. The fourth-order valence-electron chi connectivity index (χ4n) is 2.78. The molecule has 0 bridgehead atoms. The maximum atomic E-state index is 5.94. The maximum Gasteiger partial charge on any atom is 0.0485 e. The Morgan fingerprint density at radius 1 is 1.41 bits per heavy atom. The van der Waals surface area contributed by atoms with Crippen LogP contribution >= 0.6 is 0 Å². The molecule has 1 fully saturated rings. The monoisotopic (exact) mass is 233 g/mol. The third kappa shape index (κ3) is 2.85. The molecule has 0 saturated heterocycles. The fourth-order valence-corrected chi connectivity index (χ4v) is 2.78. The van der Waals surface area contributed by atoms with E-state index in [1.54, 1.807) is 0 Å². The lowest BCUT2D eigenvalue weighted by atomic mass is 10.0. The van der Waals surface area contributed by atoms with Crippen LogP contribution in [0, 0.1) is 6.92 Å². The van der Waals surface area contributed by atoms with E-state index in [1.165, 1.54) is 31.2 Å². The zero-order valence-electron chi connectivity index (χ0n) is 10.9. The number of nitrogens with zero attached hydrogens (tertiary/aromatic N) is 2. The summed E-state index contributed by atoms with van der Waals surface area (Å²) in [6.45, 7) is 2.68. The summed E-state index contributed by atoms with van der Waals surface area (Å²) in [5.41, 5.74) is 8.25. The average Bonchev–Trinajstić information content (AvgIpc) is 2.86. The summed E-state index contributed by atoms with van der Waals surface area (Å²) in [5.74, 6) is 0. The highest BCUT2D eigenvalue weighted by atomic mass is 15.2. The number of pyridine rings is 1. The van der Waals surface area contributed by atoms with Crippen LogP contribution in [0.1, 0.15) is 43.0 Å². The molecular weight excluding hydrogens is 210 g/mol. The highest BCUT2D eigenvalue weighted by Gasteiger charge is 2.25. The van der Waals surface area contributed by atoms with Gasteiger partial charge in [-0.25, -0.2) is 0 Å². The smallest absolute Gasteiger partial charge is 0.0485 e. The lowest BCUT2D eigenvalue weighted by Crippen LogP contribution is -2.37. The van der Waals surface area contributed by atoms with Crippen LogP contribution in [0.15, 0.2) is 18.3 Å². The predicted octanol–water partition coefficient (Wildman–Crippen LogP) is 2.26. The van der Waals surface area contributed by atoms with Crippen molar-refractivity contribution < 1.29 is 0 Å². The van der Waals surface area contributed by atoms with Gasteiger partial charge in [0.15, 0.2) is 0 Å². The quantitative estimate of drug-likeness (QED) is 0.867. The Morgan fingerprint density at radius 3 is 2.65 bits per heavy atom. The Balaban J connectivity index is 2.11. The van der Waals surface area contributed by atoms with Crippen LogP contribution in [0.2, 0.25) is 0 Å². The van der Waals surface area contributed by atoms with Gasteiger partial charge in [0, 0.05) is 30.5 Å². The van der Waals surface area contributed by atoms with E-state index < -0.39 is 0 Å². The van der Waals surface area contributed by atoms with Gasteiger partial charge in [-0.15, -0.1) is 0 Å². The second kappa shape index (κ2) is 5.61. The Kier molecular flexibility index (Phi) is 4.13. The maximum absolute atomic E-state index is 5.94. The number of aromatic nitrogens is 1. The number of rotatable bonds is 4. The lowest BCUT2D eigenvalue weighted by molar-refractivity contribution is 0.179. The Bertz CT molecular complexity index is 341. The van der Waals surface area contributed by atoms with Gasteiger partial charge >= 0.3 is 0 Å². The summed E-state index contributed by atoms with van der Waals surface area (Å²) >= 11 is 0. The molecule has 3 heteroatoms. The largest absolute Gasteiger partial charge is 0.329 e. The summed E-state index contributed by atoms with van der Waals surface area (Å²) in [5, 5.41) is 0. The summed E-state index contributed by atoms with van der Waals surface area (Å²) in [4.78, 5) is 6.82. The van der Waals surface area contributed by atoms with Gasteiger partial charge in [-0.1, -0.05) is 18.9 Å². The zero-order valence-corrected chi connectivity index (χ0v) is 10.9. The third-order valence-electron chi connectivity index (χ3n) is 3.93. The van der Waals surface area contributed by atoms with E-state index in [4.69, 9.17) is 5.73 Å². The number of nitrogens with two attached hydrogens (primary N) is 1. The van der Waals surface area contributed by atoms with Crippen LogP contribution < -0.4 is 5.73 Å². The van der Waals surface area contributed by atoms with Crippen LogP contribution in [0.4, 0.5) is 0 Å². The molecule has 1 aromatic rings. The molecule has 1 aromatic heterocycles. The van der Waals surface area contributed by atoms with Crippen LogP contribution in [0.5, 0.6) is 0 Å². The molecule has 2 rings (SSSR count). The normalized spacial score (nSPS) is 18.8. The fraction of sp³-hybridized carbons (Fsp3) is 0.643. The summed E-state index contributed by atoms with van der Waals surface area (Å²) in [6, 6.07) is 5.24. The van der Waals surface area contributed by atoms with E-state index in [0.717, 1.165) is 5.69 Å². The SMILES string of the molecule is Cc1ccc(C(CN)N(C)C2CCCC2)cn1. The topological polar surface area (TPSA) is 42.1 Å². The van der Waals surface area contributed by atoms with Crippen molar-refractivity contribution in [3.05, 3.63) is 29.6 Å². The molecule has 0 aliphatic heterocycles. The van der Waals surface area contributed by atoms with Crippen molar-refractivity contribution in [3.63, 3.8) is 0 Å². The molecule has 1 saturated carbocycles. The first-order chi connectivity index (χ1) is 8.22. The van der Waals surface area contributed by atoms with Crippen molar-refractivity contribution >= 4 is 0 Å². The van der Waals surface area contributed by atoms with Crippen molar-refractivity contribution in [2.24, 2.45) is 5.73 Å². The molecule has 0 amide bonds. The second-order valence-corrected chi connectivity index (χ2v) is 5.09. The van der Waals surface area contributed by atoms with Gasteiger partial charge in [0.05, 0.1) is 0 Å². The molecule has 2 N–H and O–H groups in total. The van der Waals surface area contributed by atoms with Gasteiger partial charge in [-0.2, -0.15) is 0 Å². The molecular formula is C14H23N3. The van der Waals surface area contributed by atoms with E-state index in [9.17, 15) is 0 Å². The van der Waals surface area contributed by atoms with Gasteiger partial charge in [0.2, 0.25) is 0 Å². The molecule has 1 aliphatic carbocycles. The first kappa shape index (κ1) is 12.5. The van der Waals surface area contributed by atoms with E-state index in [1.807, 2.05) is 13.1 Å². The minimum Gasteiger partial charge on any atom is -0.329 e. The molecule has 0 radical (unpaired) electrons. The van der Waals surface area contributed by atoms with Gasteiger partial charge in [-0.05, 0) is 38.4 Å². The third-order valence-corrected chi connectivity index (χ3v) is 3.93. The predicted molar refractivity (Wildman–Crippen MR) is 70.8 cm³/mol. The number of hydrogen-bond acceptors (Lipinski definition) is 3. The summed E-state index contributed by atoms with van der Waals surface area (Å²) in [7, 11) is 2.20. The Labute approximate surface area is 104 Å². The molecule has 0 spiro atoms. The molecule has 1 unspecified atom stereocenters. The molecule has 94 valence electrons. The van der Waals surface area contributed by atoms with Crippen molar-refractivity contribution in [3.8, 4) is 0 Å². The minimum atomic E-state index is 0.311. The number of aryl methyl sites for hydroxylation is 1. The molecule has 3 nitrogen and oxygen atoms in total. The Hall–Kier alpha value is -0.930. The highest BCUT2D eigenvalue weighted by Crippen LogP contribution is 2.28. The van der Waals surface area contributed by atoms with Crippen LogP contribution in [0.25, 0.3) is 0 Å². The molecule has 0 aromatic carbocycles. The van der Waals surface area contributed by atoms with E-state index >= 15 is 0 Å². The second-order valence-electron chi connectivity index (χ2n) is 5.09. The van der Waals surface area contributed by atoms with E-state index in [2.05, 4.69) is 29.1 Å². The number of likely N-dealkylation sites (N-methyl/N-ethyl adjacent to an activating group) is 1. The average molecular weight is 233 g/mol. The van der Waals surface area contributed by atoms with Crippen molar-refractivity contribution in [2.45, 2.75) is 44.7 Å². The first-order valence-corrected chi connectivity index (χ1v) is 6.57. The lowest BCUT2D eigenvalue weighted by Gasteiger charge is -2.32. The van der Waals surface area contributed by atoms with Crippen molar-refractivity contribution in [2.75, 3.05) is 13.6 Å². The van der Waals surface area contributed by atoms with Gasteiger partial charge in [0.1, 0.15) is 0 Å². The first-order valence-electron chi connectivity index (χ1n) is 6.57. The van der Waals surface area contributed by atoms with E-state index in [0.29, 0.717) is 18.6 Å². The van der Waals surface area contributed by atoms with Crippen molar-refractivity contribution in [1.82, 2.24) is 9.88 Å². The minimum absolute atomic E-state index is 0.311. The van der Waals surface area contributed by atoms with Gasteiger partial charge in [-0.3, -0.25) is 9.88 Å². The molecule has 1 aliphatic rings. The van der Waals surface area contributed by atoms with Crippen LogP contribution in [-0.4, -0.2) is 29.5 Å². The van der Waals surface area contributed by atoms with Crippen LogP contribution in [-0.2, 0) is 0 Å². The van der Waals surface area contributed by atoms with Crippen molar-refractivity contribution in [1.29, 1.82) is 0 Å². The Morgan fingerprint density at radius 2 is 2.12 bits per heavy atom. The molecule has 1 heterocycles. The van der Waals surface area contributed by atoms with Crippen LogP contribution in [0.3, 0.4) is 0 Å². The summed E-state index contributed by atoms with van der Waals surface area (Å²) in [6.07, 6.45) is 7.31. The standard InChI is InChI=1S/C14H23N3/c1-11-7-8-12(10-16-11)14(9-15)17(2)13-5-3-4-6-13/h7-8,10,13-14H,3-6,9,15H2,1-2H3. The highest BCUT2D eigenvalue weighted by molar-refractivity contribution is 5.18. The van der Waals surface area contributed by atoms with Gasteiger partial charge in [0.25, 0.3) is 0 Å². The summed E-state index contributed by atoms with van der Waals surface area (Å²) < 4.78 is 0. The number of hydrogen-bond donors (Lipinski definition) is 1. The van der Waals surface area contributed by atoms with Gasteiger partial charge < -0.3 is 5.73 Å². The molecule has 17 heavy (non-hydrogen) atoms.